The molecule has 0 amide bonds. The molecule has 0 spiro atoms. The van der Waals surface area contributed by atoms with E-state index in [9.17, 15) is 0 Å². The normalized spacial score (nSPS) is 22.8. The average Bonchev–Trinajstić information content (AvgIpc) is 2.47. The quantitative estimate of drug-likeness (QED) is 0.882. The first kappa shape index (κ1) is 14.8. The van der Waals surface area contributed by atoms with Crippen molar-refractivity contribution in [2.45, 2.75) is 25.4 Å². The van der Waals surface area contributed by atoms with Crippen molar-refractivity contribution < 1.29 is 4.74 Å². The van der Waals surface area contributed by atoms with Gasteiger partial charge in [0.05, 0.1) is 7.11 Å². The maximum atomic E-state index is 5.47. The van der Waals surface area contributed by atoms with Crippen LogP contribution in [0.15, 0.2) is 24.3 Å². The third kappa shape index (κ3) is 3.39. The molecule has 0 bridgehead atoms. The Kier molecular flexibility index (Phi) is 4.78. The predicted molar refractivity (Wildman–Crippen MR) is 86.0 cm³/mol. The van der Waals surface area contributed by atoms with Crippen molar-refractivity contribution in [1.29, 1.82) is 0 Å². The van der Waals surface area contributed by atoms with Crippen molar-refractivity contribution >= 4 is 0 Å². The largest absolute Gasteiger partial charge is 0.496 e. The number of piperazine rings is 1. The Balaban J connectivity index is 1.52. The molecule has 1 N–H and O–H groups in total. The summed E-state index contributed by atoms with van der Waals surface area (Å²) >= 11 is 0. The molecule has 0 aliphatic carbocycles. The van der Waals surface area contributed by atoms with Crippen LogP contribution in [0.4, 0.5) is 0 Å². The lowest BCUT2D eigenvalue weighted by Gasteiger charge is -2.44. The first-order valence-corrected chi connectivity index (χ1v) is 8.08. The van der Waals surface area contributed by atoms with Gasteiger partial charge in [0, 0.05) is 51.4 Å². The predicted octanol–water partition coefficient (Wildman–Crippen LogP) is 1.22. The molecule has 1 aromatic rings. The lowest BCUT2D eigenvalue weighted by Crippen LogP contribution is -2.62. The van der Waals surface area contributed by atoms with E-state index < -0.39 is 0 Å². The Morgan fingerprint density at radius 3 is 2.52 bits per heavy atom. The number of hydrogen-bond donors (Lipinski definition) is 1. The maximum Gasteiger partial charge on any atom is 0.122 e. The Bertz CT molecular complexity index is 453. The minimum absolute atomic E-state index is 0.572. The van der Waals surface area contributed by atoms with Gasteiger partial charge in [-0.25, -0.2) is 0 Å². The molecule has 0 saturated carbocycles. The molecule has 21 heavy (non-hydrogen) atoms. The molecule has 2 fully saturated rings. The summed E-state index contributed by atoms with van der Waals surface area (Å²) in [6.45, 7) is 9.49. The third-order valence-corrected chi connectivity index (χ3v) is 4.96. The van der Waals surface area contributed by atoms with Crippen LogP contribution in [0, 0.1) is 0 Å². The minimum atomic E-state index is 0.572. The van der Waals surface area contributed by atoms with Gasteiger partial charge in [-0.05, 0) is 25.0 Å². The second kappa shape index (κ2) is 6.77. The molecule has 2 aliphatic heterocycles. The van der Waals surface area contributed by atoms with Gasteiger partial charge in [-0.2, -0.15) is 0 Å². The van der Waals surface area contributed by atoms with Gasteiger partial charge in [0.15, 0.2) is 0 Å². The van der Waals surface area contributed by atoms with E-state index in [0.29, 0.717) is 6.04 Å². The average molecular weight is 289 g/mol. The minimum Gasteiger partial charge on any atom is -0.496 e. The first-order chi connectivity index (χ1) is 10.3. The number of ether oxygens (including phenoxy) is 1. The van der Waals surface area contributed by atoms with Crippen molar-refractivity contribution in [1.82, 2.24) is 15.1 Å². The fourth-order valence-electron chi connectivity index (χ4n) is 3.39. The van der Waals surface area contributed by atoms with Gasteiger partial charge in [0.2, 0.25) is 0 Å². The van der Waals surface area contributed by atoms with E-state index in [0.717, 1.165) is 18.2 Å². The van der Waals surface area contributed by atoms with Gasteiger partial charge < -0.3 is 10.1 Å². The Morgan fingerprint density at radius 1 is 1.19 bits per heavy atom. The highest BCUT2D eigenvalue weighted by molar-refractivity contribution is 5.33. The fraction of sp³-hybridized carbons (Fsp3) is 0.647. The van der Waals surface area contributed by atoms with Crippen LogP contribution in [0.1, 0.15) is 12.5 Å². The molecule has 116 valence electrons. The van der Waals surface area contributed by atoms with Gasteiger partial charge in [0.1, 0.15) is 5.75 Å². The highest BCUT2D eigenvalue weighted by Gasteiger charge is 2.29. The van der Waals surface area contributed by atoms with E-state index in [4.69, 9.17) is 4.74 Å². The van der Waals surface area contributed by atoms with Gasteiger partial charge in [-0.15, -0.1) is 0 Å². The first-order valence-electron chi connectivity index (χ1n) is 8.08. The summed E-state index contributed by atoms with van der Waals surface area (Å²) in [6.07, 6.45) is 1.06. The summed E-state index contributed by atoms with van der Waals surface area (Å²) in [5.74, 6) is 1.02. The molecule has 1 unspecified atom stereocenters. The van der Waals surface area contributed by atoms with E-state index in [1.807, 2.05) is 6.07 Å². The summed E-state index contributed by atoms with van der Waals surface area (Å²) in [5, 5.41) is 3.37. The van der Waals surface area contributed by atoms with E-state index >= 15 is 0 Å². The summed E-state index contributed by atoms with van der Waals surface area (Å²) in [4.78, 5) is 5.26. The van der Waals surface area contributed by atoms with Crippen LogP contribution in [0.25, 0.3) is 0 Å². The molecule has 0 radical (unpaired) electrons. The van der Waals surface area contributed by atoms with Crippen molar-refractivity contribution in [2.75, 3.05) is 46.4 Å². The molecule has 1 aromatic carbocycles. The molecular formula is C17H27N3O. The summed E-state index contributed by atoms with van der Waals surface area (Å²) in [5.41, 5.74) is 1.32. The smallest absolute Gasteiger partial charge is 0.122 e. The number of para-hydroxylation sites is 1. The molecule has 2 aliphatic rings. The van der Waals surface area contributed by atoms with Gasteiger partial charge in [-0.3, -0.25) is 9.80 Å². The highest BCUT2D eigenvalue weighted by atomic mass is 16.5. The van der Waals surface area contributed by atoms with Crippen molar-refractivity contribution in [3.63, 3.8) is 0 Å². The van der Waals surface area contributed by atoms with Gasteiger partial charge in [0.25, 0.3) is 0 Å². The van der Waals surface area contributed by atoms with Gasteiger partial charge in [-0.1, -0.05) is 18.2 Å². The number of methoxy groups -OCH3 is 1. The standard InChI is InChI=1S/C17H27N3O/c1-14(11-15-5-3-4-6-17(15)21-2)19-7-9-20(10-8-19)16-12-18-13-16/h3-6,14,16,18H,7-13H2,1-2H3. The zero-order valence-electron chi connectivity index (χ0n) is 13.2. The maximum absolute atomic E-state index is 5.47. The van der Waals surface area contributed by atoms with E-state index in [2.05, 4.69) is 40.2 Å². The second-order valence-electron chi connectivity index (χ2n) is 6.25. The molecule has 4 nitrogen and oxygen atoms in total. The van der Waals surface area contributed by atoms with Crippen LogP contribution in [0.2, 0.25) is 0 Å². The second-order valence-corrected chi connectivity index (χ2v) is 6.25. The number of nitrogens with zero attached hydrogens (tertiary/aromatic N) is 2. The number of hydrogen-bond acceptors (Lipinski definition) is 4. The van der Waals surface area contributed by atoms with Crippen LogP contribution >= 0.6 is 0 Å². The Morgan fingerprint density at radius 2 is 1.90 bits per heavy atom. The summed E-state index contributed by atoms with van der Waals surface area (Å²) < 4.78 is 5.47. The molecule has 3 rings (SSSR count). The lowest BCUT2D eigenvalue weighted by molar-refractivity contribution is 0.0554. The topological polar surface area (TPSA) is 27.7 Å². The SMILES string of the molecule is COc1ccccc1CC(C)N1CCN(C2CNC2)CC1. The van der Waals surface area contributed by atoms with Gasteiger partial charge >= 0.3 is 0 Å². The summed E-state index contributed by atoms with van der Waals surface area (Å²) in [6, 6.07) is 9.75. The van der Waals surface area contributed by atoms with Crippen LogP contribution in [-0.2, 0) is 6.42 Å². The Hall–Kier alpha value is -1.10. The van der Waals surface area contributed by atoms with Crippen molar-refractivity contribution in [3.8, 4) is 5.75 Å². The van der Waals surface area contributed by atoms with Crippen LogP contribution < -0.4 is 10.1 Å². The number of benzene rings is 1. The molecule has 2 heterocycles. The lowest BCUT2D eigenvalue weighted by atomic mass is 10.0. The highest BCUT2D eigenvalue weighted by Crippen LogP contribution is 2.21. The van der Waals surface area contributed by atoms with E-state index in [1.54, 1.807) is 7.11 Å². The van der Waals surface area contributed by atoms with Crippen LogP contribution in [-0.4, -0.2) is 68.3 Å². The van der Waals surface area contributed by atoms with E-state index in [-0.39, 0.29) is 0 Å². The molecule has 4 heteroatoms. The van der Waals surface area contributed by atoms with Crippen LogP contribution in [0.3, 0.4) is 0 Å². The molecule has 2 saturated heterocycles. The monoisotopic (exact) mass is 289 g/mol. The number of rotatable bonds is 5. The third-order valence-electron chi connectivity index (χ3n) is 4.96. The summed E-state index contributed by atoms with van der Waals surface area (Å²) in [7, 11) is 1.76. The Labute approximate surface area is 128 Å². The van der Waals surface area contributed by atoms with Crippen molar-refractivity contribution in [2.24, 2.45) is 0 Å². The van der Waals surface area contributed by atoms with Crippen LogP contribution in [0.5, 0.6) is 5.75 Å². The van der Waals surface area contributed by atoms with E-state index in [1.165, 1.54) is 44.8 Å². The molecule has 1 atom stereocenters. The van der Waals surface area contributed by atoms with Crippen molar-refractivity contribution in [3.05, 3.63) is 29.8 Å². The molecule has 0 aromatic heterocycles. The fourth-order valence-corrected chi connectivity index (χ4v) is 3.39. The zero-order valence-corrected chi connectivity index (χ0v) is 13.2. The number of nitrogens with one attached hydrogen (secondary N) is 1. The molecular weight excluding hydrogens is 262 g/mol. The zero-order chi connectivity index (χ0) is 14.7.